The zero-order chi connectivity index (χ0) is 10.7. The molecule has 0 aliphatic carbocycles. The third kappa shape index (κ3) is 2.01. The van der Waals surface area contributed by atoms with Crippen LogP contribution >= 0.6 is 11.8 Å². The second kappa shape index (κ2) is 4.68. The van der Waals surface area contributed by atoms with E-state index < -0.39 is 0 Å². The average molecular weight is 221 g/mol. The number of fused-ring (bicyclic) bond motifs is 1. The molecule has 0 unspecified atom stereocenters. The number of aryl methyl sites for hydroxylation is 1. The molecule has 2 N–H and O–H groups in total. The van der Waals surface area contributed by atoms with E-state index in [0.29, 0.717) is 6.54 Å². The molecule has 0 amide bonds. The Bertz CT molecular complexity index is 450. The van der Waals surface area contributed by atoms with Gasteiger partial charge in [0.1, 0.15) is 5.65 Å². The van der Waals surface area contributed by atoms with Crippen molar-refractivity contribution >= 4 is 22.8 Å². The molecule has 0 spiro atoms. The number of nitrogens with zero attached hydrogens (tertiary/aromatic N) is 2. The molecule has 15 heavy (non-hydrogen) atoms. The van der Waals surface area contributed by atoms with Crippen molar-refractivity contribution in [1.82, 2.24) is 9.55 Å². The van der Waals surface area contributed by atoms with Gasteiger partial charge in [0.05, 0.1) is 0 Å². The molecule has 0 fully saturated rings. The molecular weight excluding hydrogens is 206 g/mol. The Morgan fingerprint density at radius 1 is 1.53 bits per heavy atom. The SMILES string of the molecule is CSCCn1cc(CN)c2cccnc21. The minimum absolute atomic E-state index is 0.578. The van der Waals surface area contributed by atoms with Gasteiger partial charge in [-0.15, -0.1) is 0 Å². The van der Waals surface area contributed by atoms with Crippen LogP contribution in [0, 0.1) is 0 Å². The number of hydrogen-bond donors (Lipinski definition) is 1. The lowest BCUT2D eigenvalue weighted by Gasteiger charge is -2.01. The zero-order valence-electron chi connectivity index (χ0n) is 8.81. The van der Waals surface area contributed by atoms with Gasteiger partial charge in [-0.3, -0.25) is 0 Å². The number of thioether (sulfide) groups is 1. The van der Waals surface area contributed by atoms with Crippen LogP contribution < -0.4 is 5.73 Å². The highest BCUT2D eigenvalue weighted by atomic mass is 32.2. The Balaban J connectivity index is 2.45. The van der Waals surface area contributed by atoms with Crippen LogP contribution in [-0.2, 0) is 13.1 Å². The molecule has 0 aliphatic rings. The predicted molar refractivity (Wildman–Crippen MR) is 66.0 cm³/mol. The van der Waals surface area contributed by atoms with Gasteiger partial charge in [-0.05, 0) is 24.0 Å². The lowest BCUT2D eigenvalue weighted by atomic mass is 10.2. The fourth-order valence-electron chi connectivity index (χ4n) is 1.72. The third-order valence-corrected chi connectivity index (χ3v) is 3.06. The molecule has 80 valence electrons. The van der Waals surface area contributed by atoms with E-state index in [0.717, 1.165) is 17.9 Å². The molecule has 0 bridgehead atoms. The first kappa shape index (κ1) is 10.5. The molecule has 2 aromatic rings. The van der Waals surface area contributed by atoms with Gasteiger partial charge in [0.25, 0.3) is 0 Å². The largest absolute Gasteiger partial charge is 0.331 e. The smallest absolute Gasteiger partial charge is 0.140 e. The maximum Gasteiger partial charge on any atom is 0.140 e. The Morgan fingerprint density at radius 3 is 3.13 bits per heavy atom. The van der Waals surface area contributed by atoms with Crippen LogP contribution in [0.15, 0.2) is 24.5 Å². The first-order valence-corrected chi connectivity index (χ1v) is 6.38. The van der Waals surface area contributed by atoms with Crippen LogP contribution in [-0.4, -0.2) is 21.6 Å². The Hall–Kier alpha value is -1.00. The Kier molecular flexibility index (Phi) is 3.28. The minimum Gasteiger partial charge on any atom is -0.331 e. The molecule has 3 nitrogen and oxygen atoms in total. The lowest BCUT2D eigenvalue weighted by molar-refractivity contribution is 0.792. The molecule has 0 saturated heterocycles. The van der Waals surface area contributed by atoms with Crippen molar-refractivity contribution in [2.24, 2.45) is 5.73 Å². The van der Waals surface area contributed by atoms with Crippen molar-refractivity contribution in [1.29, 1.82) is 0 Å². The van der Waals surface area contributed by atoms with Crippen molar-refractivity contribution in [2.45, 2.75) is 13.1 Å². The second-order valence-electron chi connectivity index (χ2n) is 3.42. The standard InChI is InChI=1S/C11H15N3S/c1-15-6-5-14-8-9(7-12)10-3-2-4-13-11(10)14/h2-4,8H,5-7,12H2,1H3. The molecular formula is C11H15N3S. The van der Waals surface area contributed by atoms with Crippen molar-refractivity contribution in [2.75, 3.05) is 12.0 Å². The van der Waals surface area contributed by atoms with Gasteiger partial charge >= 0.3 is 0 Å². The zero-order valence-corrected chi connectivity index (χ0v) is 9.63. The summed E-state index contributed by atoms with van der Waals surface area (Å²) in [5.74, 6) is 1.10. The van der Waals surface area contributed by atoms with Crippen LogP contribution in [0.25, 0.3) is 11.0 Å². The van der Waals surface area contributed by atoms with E-state index >= 15 is 0 Å². The Morgan fingerprint density at radius 2 is 2.40 bits per heavy atom. The maximum atomic E-state index is 5.71. The van der Waals surface area contributed by atoms with Crippen molar-refractivity contribution < 1.29 is 0 Å². The molecule has 2 aromatic heterocycles. The first-order chi connectivity index (χ1) is 7.36. The molecule has 0 aromatic carbocycles. The van der Waals surface area contributed by atoms with Crippen molar-refractivity contribution in [3.05, 3.63) is 30.1 Å². The number of aromatic nitrogens is 2. The van der Waals surface area contributed by atoms with E-state index in [-0.39, 0.29) is 0 Å². The number of rotatable bonds is 4. The molecule has 2 heterocycles. The third-order valence-electron chi connectivity index (χ3n) is 2.47. The van der Waals surface area contributed by atoms with Crippen LogP contribution in [0.5, 0.6) is 0 Å². The number of nitrogens with two attached hydrogens (primary N) is 1. The fraction of sp³-hybridized carbons (Fsp3) is 0.364. The highest BCUT2D eigenvalue weighted by molar-refractivity contribution is 7.98. The molecule has 0 saturated carbocycles. The summed E-state index contributed by atoms with van der Waals surface area (Å²) >= 11 is 1.84. The molecule has 0 atom stereocenters. The van der Waals surface area contributed by atoms with Gasteiger partial charge in [-0.1, -0.05) is 0 Å². The van der Waals surface area contributed by atoms with Crippen LogP contribution in [0.3, 0.4) is 0 Å². The summed E-state index contributed by atoms with van der Waals surface area (Å²) in [5, 5.41) is 1.18. The van der Waals surface area contributed by atoms with Gasteiger partial charge < -0.3 is 10.3 Å². The number of pyridine rings is 1. The van der Waals surface area contributed by atoms with Gasteiger partial charge in [-0.2, -0.15) is 11.8 Å². The lowest BCUT2D eigenvalue weighted by Crippen LogP contribution is -1.99. The molecule has 0 radical (unpaired) electrons. The predicted octanol–water partition coefficient (Wildman–Crippen LogP) is 1.86. The van der Waals surface area contributed by atoms with Crippen LogP contribution in [0.1, 0.15) is 5.56 Å². The van der Waals surface area contributed by atoms with E-state index in [1.165, 1.54) is 10.9 Å². The van der Waals surface area contributed by atoms with E-state index in [1.54, 1.807) is 0 Å². The summed E-state index contributed by atoms with van der Waals surface area (Å²) in [5.41, 5.74) is 7.94. The minimum atomic E-state index is 0.578. The molecule has 0 aliphatic heterocycles. The van der Waals surface area contributed by atoms with Crippen molar-refractivity contribution in [3.8, 4) is 0 Å². The summed E-state index contributed by atoms with van der Waals surface area (Å²) in [6.07, 6.45) is 6.06. The highest BCUT2D eigenvalue weighted by Gasteiger charge is 2.06. The second-order valence-corrected chi connectivity index (χ2v) is 4.40. The molecule has 2 rings (SSSR count). The first-order valence-electron chi connectivity index (χ1n) is 4.98. The van der Waals surface area contributed by atoms with E-state index in [2.05, 4.69) is 28.1 Å². The summed E-state index contributed by atoms with van der Waals surface area (Å²) in [4.78, 5) is 4.40. The van der Waals surface area contributed by atoms with Crippen molar-refractivity contribution in [3.63, 3.8) is 0 Å². The van der Waals surface area contributed by atoms with Gasteiger partial charge in [-0.25, -0.2) is 4.98 Å². The number of hydrogen-bond acceptors (Lipinski definition) is 3. The molecule has 4 heteroatoms. The van der Waals surface area contributed by atoms with Gasteiger partial charge in [0, 0.05) is 36.6 Å². The summed E-state index contributed by atoms with van der Waals surface area (Å²) in [6, 6.07) is 4.04. The monoisotopic (exact) mass is 221 g/mol. The topological polar surface area (TPSA) is 43.8 Å². The summed E-state index contributed by atoms with van der Waals surface area (Å²) in [7, 11) is 0. The average Bonchev–Trinajstić information content (AvgIpc) is 2.65. The summed E-state index contributed by atoms with van der Waals surface area (Å²) in [6.45, 7) is 1.57. The van der Waals surface area contributed by atoms with Crippen LogP contribution in [0.2, 0.25) is 0 Å². The highest BCUT2D eigenvalue weighted by Crippen LogP contribution is 2.18. The fourth-order valence-corrected chi connectivity index (χ4v) is 2.10. The summed E-state index contributed by atoms with van der Waals surface area (Å²) < 4.78 is 2.19. The quantitative estimate of drug-likeness (QED) is 0.857. The normalized spacial score (nSPS) is 11.1. The van der Waals surface area contributed by atoms with E-state index in [9.17, 15) is 0 Å². The van der Waals surface area contributed by atoms with Crippen LogP contribution in [0.4, 0.5) is 0 Å². The van der Waals surface area contributed by atoms with E-state index in [4.69, 9.17) is 5.73 Å². The maximum absolute atomic E-state index is 5.71. The Labute approximate surface area is 93.7 Å². The van der Waals surface area contributed by atoms with Gasteiger partial charge in [0.2, 0.25) is 0 Å². The van der Waals surface area contributed by atoms with Gasteiger partial charge in [0.15, 0.2) is 0 Å². The van der Waals surface area contributed by atoms with E-state index in [1.807, 2.05) is 24.0 Å².